The van der Waals surface area contributed by atoms with Gasteiger partial charge < -0.3 is 19.7 Å². The molecule has 0 fully saturated rings. The van der Waals surface area contributed by atoms with Gasteiger partial charge in [-0.2, -0.15) is 5.10 Å². The maximum absolute atomic E-state index is 10.8. The molecule has 142 valence electrons. The van der Waals surface area contributed by atoms with Crippen LogP contribution in [0.25, 0.3) is 22.9 Å². The molecule has 1 aliphatic rings. The Morgan fingerprint density at radius 1 is 1.36 bits per heavy atom. The van der Waals surface area contributed by atoms with Crippen molar-refractivity contribution in [2.75, 3.05) is 18.5 Å². The normalized spacial score (nSPS) is 12.4. The van der Waals surface area contributed by atoms with Gasteiger partial charge in [0.2, 0.25) is 0 Å². The summed E-state index contributed by atoms with van der Waals surface area (Å²) in [6, 6.07) is 5.70. The van der Waals surface area contributed by atoms with E-state index in [1.165, 1.54) is 6.33 Å². The molecule has 0 aliphatic carbocycles. The van der Waals surface area contributed by atoms with E-state index in [1.54, 1.807) is 6.07 Å². The molecule has 2 aromatic heterocycles. The van der Waals surface area contributed by atoms with E-state index in [9.17, 15) is 4.79 Å². The molecule has 0 radical (unpaired) electrons. The van der Waals surface area contributed by atoms with Gasteiger partial charge in [-0.25, -0.2) is 14.6 Å². The number of aromatic nitrogens is 5. The van der Waals surface area contributed by atoms with Crippen molar-refractivity contribution in [3.63, 3.8) is 0 Å². The van der Waals surface area contributed by atoms with Crippen LogP contribution >= 0.6 is 0 Å². The van der Waals surface area contributed by atoms with E-state index < -0.39 is 5.97 Å². The number of carboxylic acids is 1. The van der Waals surface area contributed by atoms with Crippen LogP contribution in [0.4, 0.5) is 5.69 Å². The van der Waals surface area contributed by atoms with E-state index in [4.69, 9.17) is 14.8 Å². The van der Waals surface area contributed by atoms with Crippen molar-refractivity contribution in [1.29, 1.82) is 0 Å². The number of anilines is 1. The third-order valence-electron chi connectivity index (χ3n) is 4.32. The van der Waals surface area contributed by atoms with Gasteiger partial charge in [-0.1, -0.05) is 0 Å². The Kier molecular flexibility index (Phi) is 5.77. The second kappa shape index (κ2) is 8.08. The van der Waals surface area contributed by atoms with Crippen molar-refractivity contribution < 1.29 is 14.6 Å². The predicted molar refractivity (Wildman–Crippen MR) is 106 cm³/mol. The quantitative estimate of drug-likeness (QED) is 0.652. The molecular formula is C18H21LiN6O3. The summed E-state index contributed by atoms with van der Waals surface area (Å²) in [6.45, 7) is 5.10. The number of rotatable bonds is 5. The number of nitrogens with zero attached hydrogens (tertiary/aromatic N) is 5. The summed E-state index contributed by atoms with van der Waals surface area (Å²) in [5.41, 5.74) is 2.31. The molecule has 0 atom stereocenters. The van der Waals surface area contributed by atoms with Crippen molar-refractivity contribution in [2.45, 2.75) is 26.4 Å². The van der Waals surface area contributed by atoms with Gasteiger partial charge in [-0.05, 0) is 26.0 Å². The fourth-order valence-electron chi connectivity index (χ4n) is 3.09. The second-order valence-electron chi connectivity index (χ2n) is 6.57. The van der Waals surface area contributed by atoms with Crippen molar-refractivity contribution >= 4 is 30.5 Å². The SMILES string of the molecule is CC(C)n1ncnc1-c1cn2c(n1)-c1ccc(NCC(=O)O)cc1OCC2.[LiH]. The molecule has 10 heteroatoms. The van der Waals surface area contributed by atoms with E-state index in [1.807, 2.05) is 41.4 Å². The Bertz CT molecular complexity index is 997. The Hall–Kier alpha value is -2.76. The Balaban J connectivity index is 0.00000225. The maximum atomic E-state index is 10.8. The Morgan fingerprint density at radius 2 is 2.18 bits per heavy atom. The molecule has 0 amide bonds. The number of ether oxygens (including phenoxy) is 1. The van der Waals surface area contributed by atoms with Crippen LogP contribution in [-0.2, 0) is 11.3 Å². The fraction of sp³-hybridized carbons (Fsp3) is 0.333. The zero-order valence-electron chi connectivity index (χ0n) is 15.1. The van der Waals surface area contributed by atoms with Crippen LogP contribution < -0.4 is 10.1 Å². The summed E-state index contributed by atoms with van der Waals surface area (Å²) >= 11 is 0. The zero-order valence-corrected chi connectivity index (χ0v) is 15.1. The molecule has 0 spiro atoms. The van der Waals surface area contributed by atoms with Crippen molar-refractivity contribution in [1.82, 2.24) is 24.3 Å². The molecule has 1 aromatic carbocycles. The van der Waals surface area contributed by atoms with E-state index >= 15 is 0 Å². The summed E-state index contributed by atoms with van der Waals surface area (Å²) in [5, 5.41) is 16.0. The van der Waals surface area contributed by atoms with Crippen LogP contribution in [0.2, 0.25) is 0 Å². The summed E-state index contributed by atoms with van der Waals surface area (Å²) in [4.78, 5) is 19.9. The van der Waals surface area contributed by atoms with Crippen molar-refractivity contribution in [3.05, 3.63) is 30.7 Å². The first-order valence-electron chi connectivity index (χ1n) is 8.73. The zero-order chi connectivity index (χ0) is 19.0. The van der Waals surface area contributed by atoms with Gasteiger partial charge >= 0.3 is 24.8 Å². The van der Waals surface area contributed by atoms with E-state index in [0.29, 0.717) is 24.6 Å². The van der Waals surface area contributed by atoms with Crippen LogP contribution in [0.1, 0.15) is 19.9 Å². The second-order valence-corrected chi connectivity index (χ2v) is 6.57. The molecule has 9 nitrogen and oxygen atoms in total. The number of carbonyl (C=O) groups is 1. The number of hydrogen-bond donors (Lipinski definition) is 2. The summed E-state index contributed by atoms with van der Waals surface area (Å²) in [5.74, 6) is 1.28. The molecule has 3 heterocycles. The van der Waals surface area contributed by atoms with Crippen molar-refractivity contribution in [2.24, 2.45) is 0 Å². The van der Waals surface area contributed by atoms with Gasteiger partial charge in [-0.3, -0.25) is 4.79 Å². The molecule has 0 unspecified atom stereocenters. The molecular weight excluding hydrogens is 355 g/mol. The van der Waals surface area contributed by atoms with Gasteiger partial charge in [0, 0.05) is 24.0 Å². The molecule has 0 saturated heterocycles. The van der Waals surface area contributed by atoms with Gasteiger partial charge in [0.05, 0.1) is 12.1 Å². The monoisotopic (exact) mass is 376 g/mol. The number of imidazole rings is 1. The summed E-state index contributed by atoms with van der Waals surface area (Å²) in [7, 11) is 0. The van der Waals surface area contributed by atoms with Gasteiger partial charge in [-0.15, -0.1) is 0 Å². The average Bonchev–Trinajstić information content (AvgIpc) is 3.24. The number of benzene rings is 1. The van der Waals surface area contributed by atoms with E-state index in [-0.39, 0.29) is 31.4 Å². The topological polar surface area (TPSA) is 107 Å². The first-order valence-corrected chi connectivity index (χ1v) is 8.73. The number of nitrogens with one attached hydrogen (secondary N) is 1. The first kappa shape index (κ1) is 20.0. The molecule has 1 aliphatic heterocycles. The van der Waals surface area contributed by atoms with Gasteiger partial charge in [0.15, 0.2) is 5.82 Å². The molecule has 0 bridgehead atoms. The molecule has 0 saturated carbocycles. The average molecular weight is 376 g/mol. The van der Waals surface area contributed by atoms with Crippen LogP contribution in [0.5, 0.6) is 5.75 Å². The minimum atomic E-state index is -0.916. The van der Waals surface area contributed by atoms with E-state index in [0.717, 1.165) is 22.9 Å². The number of hydrogen-bond acceptors (Lipinski definition) is 6. The molecule has 4 rings (SSSR count). The number of fused-ring (bicyclic) bond motifs is 3. The van der Waals surface area contributed by atoms with Gasteiger partial charge in [0.1, 0.15) is 36.7 Å². The molecule has 3 aromatic rings. The summed E-state index contributed by atoms with van der Waals surface area (Å²) < 4.78 is 9.74. The third-order valence-corrected chi connectivity index (χ3v) is 4.32. The van der Waals surface area contributed by atoms with Gasteiger partial charge in [0.25, 0.3) is 0 Å². The number of carboxylic acid groups (broad SMARTS) is 1. The molecule has 28 heavy (non-hydrogen) atoms. The van der Waals surface area contributed by atoms with Crippen LogP contribution in [-0.4, -0.2) is 67.4 Å². The fourth-order valence-corrected chi connectivity index (χ4v) is 3.09. The van der Waals surface area contributed by atoms with Crippen LogP contribution in [0, 0.1) is 0 Å². The predicted octanol–water partition coefficient (Wildman–Crippen LogP) is 1.63. The summed E-state index contributed by atoms with van der Waals surface area (Å²) in [6.07, 6.45) is 3.50. The Morgan fingerprint density at radius 3 is 2.93 bits per heavy atom. The van der Waals surface area contributed by atoms with Crippen molar-refractivity contribution in [3.8, 4) is 28.7 Å². The minimum absolute atomic E-state index is 0. The van der Waals surface area contributed by atoms with E-state index in [2.05, 4.69) is 15.4 Å². The third kappa shape index (κ3) is 3.77. The first-order chi connectivity index (χ1) is 13.0. The number of aliphatic carboxylic acids is 1. The standard InChI is InChI=1S/C18H20N6O3.Li.H/c1-11(2)24-18(20-10-21-24)14-9-23-5-6-27-15-7-12(19-8-16(25)26)3-4-13(15)17(23)22-14;;/h3-4,7,9-11,19H,5-6,8H2,1-2H3,(H,25,26);;. The molecule has 2 N–H and O–H groups in total. The van der Waals surface area contributed by atoms with Crippen LogP contribution in [0.15, 0.2) is 30.7 Å². The van der Waals surface area contributed by atoms with Crippen LogP contribution in [0.3, 0.4) is 0 Å². The Labute approximate surface area is 173 Å².